The first-order chi connectivity index (χ1) is 7.45. The highest BCUT2D eigenvalue weighted by molar-refractivity contribution is 5.27. The van der Waals surface area contributed by atoms with E-state index in [1.165, 1.54) is 0 Å². The minimum absolute atomic E-state index is 0.744. The van der Waals surface area contributed by atoms with Gasteiger partial charge in [0.25, 0.3) is 0 Å². The molecule has 4 aliphatic carbocycles. The largest absolute Gasteiger partial charge is 0.381 e. The smallest absolute Gasteiger partial charge is 0.0504 e. The third-order valence-corrected chi connectivity index (χ3v) is 4.83. The molecule has 15 heavy (non-hydrogen) atoms. The van der Waals surface area contributed by atoms with Crippen molar-refractivity contribution < 1.29 is 4.74 Å². The Kier molecular flexibility index (Phi) is 1.59. The van der Waals surface area contributed by atoms with Crippen molar-refractivity contribution in [3.05, 3.63) is 36.5 Å². The molecule has 0 unspecified atom stereocenters. The Morgan fingerprint density at radius 2 is 1.20 bits per heavy atom. The van der Waals surface area contributed by atoms with Crippen LogP contribution < -0.4 is 0 Å². The highest BCUT2D eigenvalue weighted by Crippen LogP contribution is 2.54. The third-order valence-electron chi connectivity index (χ3n) is 4.83. The summed E-state index contributed by atoms with van der Waals surface area (Å²) in [7, 11) is 0. The minimum atomic E-state index is 0.744. The predicted octanol–water partition coefficient (Wildman–Crippen LogP) is 2.42. The van der Waals surface area contributed by atoms with Crippen LogP contribution in [0.15, 0.2) is 36.5 Å². The summed E-state index contributed by atoms with van der Waals surface area (Å²) < 4.78 is 5.69. The number of hydrogen-bond donors (Lipinski definition) is 0. The van der Waals surface area contributed by atoms with Gasteiger partial charge in [-0.2, -0.15) is 0 Å². The fourth-order valence-electron chi connectivity index (χ4n) is 4.16. The summed E-state index contributed by atoms with van der Waals surface area (Å²) >= 11 is 0. The van der Waals surface area contributed by atoms with Crippen molar-refractivity contribution in [2.24, 2.45) is 35.5 Å². The topological polar surface area (TPSA) is 9.23 Å². The summed E-state index contributed by atoms with van der Waals surface area (Å²) in [6, 6.07) is 0. The summed E-state index contributed by atoms with van der Waals surface area (Å²) in [4.78, 5) is 0. The lowest BCUT2D eigenvalue weighted by Gasteiger charge is -2.50. The molecule has 0 radical (unpaired) electrons. The van der Waals surface area contributed by atoms with Crippen molar-refractivity contribution >= 4 is 0 Å². The van der Waals surface area contributed by atoms with Crippen LogP contribution >= 0.6 is 0 Å². The molecule has 1 heteroatoms. The highest BCUT2D eigenvalue weighted by Gasteiger charge is 2.52. The van der Waals surface area contributed by atoms with Gasteiger partial charge in [-0.15, -0.1) is 0 Å². The fourth-order valence-corrected chi connectivity index (χ4v) is 4.16. The van der Waals surface area contributed by atoms with Crippen LogP contribution in [-0.2, 0) is 4.74 Å². The zero-order valence-corrected chi connectivity index (χ0v) is 8.75. The van der Waals surface area contributed by atoms with Crippen molar-refractivity contribution in [3.63, 3.8) is 0 Å². The first-order valence-electron chi connectivity index (χ1n) is 6.06. The van der Waals surface area contributed by atoms with Gasteiger partial charge in [-0.05, 0) is 35.5 Å². The van der Waals surface area contributed by atoms with Gasteiger partial charge in [0.05, 0.1) is 13.2 Å². The van der Waals surface area contributed by atoms with Gasteiger partial charge in [0.1, 0.15) is 0 Å². The molecule has 0 aromatic carbocycles. The second kappa shape index (κ2) is 2.85. The van der Waals surface area contributed by atoms with E-state index in [2.05, 4.69) is 36.5 Å². The summed E-state index contributed by atoms with van der Waals surface area (Å²) in [5.74, 6) is 4.61. The van der Waals surface area contributed by atoms with Crippen LogP contribution in [0.3, 0.4) is 0 Å². The van der Waals surface area contributed by atoms with Crippen LogP contribution in [0.25, 0.3) is 0 Å². The molecule has 5 aliphatic rings. The van der Waals surface area contributed by atoms with Crippen molar-refractivity contribution in [1.82, 2.24) is 0 Å². The normalized spacial score (nSPS) is 54.4. The molecule has 1 aliphatic heterocycles. The first kappa shape index (κ1) is 8.35. The molecule has 0 aromatic rings. The number of ether oxygens (including phenoxy) is 1. The van der Waals surface area contributed by atoms with Crippen LogP contribution in [0.2, 0.25) is 0 Å². The Labute approximate surface area is 90.5 Å². The highest BCUT2D eigenvalue weighted by atomic mass is 16.5. The van der Waals surface area contributed by atoms with Crippen molar-refractivity contribution in [1.29, 1.82) is 0 Å². The summed E-state index contributed by atoms with van der Waals surface area (Å²) in [6.07, 6.45) is 14.2. The lowest BCUT2D eigenvalue weighted by atomic mass is 9.53. The maximum absolute atomic E-state index is 5.69. The van der Waals surface area contributed by atoms with Crippen LogP contribution in [0.4, 0.5) is 0 Å². The molecule has 0 N–H and O–H groups in total. The Balaban J connectivity index is 1.80. The Morgan fingerprint density at radius 3 is 1.73 bits per heavy atom. The molecule has 6 atom stereocenters. The molecule has 1 heterocycles. The molecule has 5 rings (SSSR count). The van der Waals surface area contributed by atoms with E-state index in [0.29, 0.717) is 0 Å². The summed E-state index contributed by atoms with van der Waals surface area (Å²) in [5.41, 5.74) is 0. The van der Waals surface area contributed by atoms with Crippen molar-refractivity contribution in [2.45, 2.75) is 0 Å². The monoisotopic (exact) mass is 200 g/mol. The van der Waals surface area contributed by atoms with Gasteiger partial charge < -0.3 is 4.74 Å². The number of allylic oxidation sites excluding steroid dienone is 6. The van der Waals surface area contributed by atoms with E-state index in [-0.39, 0.29) is 0 Å². The maximum Gasteiger partial charge on any atom is 0.0504 e. The second-order valence-electron chi connectivity index (χ2n) is 5.33. The van der Waals surface area contributed by atoms with Gasteiger partial charge in [-0.3, -0.25) is 0 Å². The summed E-state index contributed by atoms with van der Waals surface area (Å²) in [5, 5.41) is 0. The van der Waals surface area contributed by atoms with E-state index in [4.69, 9.17) is 4.74 Å². The predicted molar refractivity (Wildman–Crippen MR) is 59.2 cm³/mol. The molecule has 0 aromatic heterocycles. The van der Waals surface area contributed by atoms with Gasteiger partial charge >= 0.3 is 0 Å². The Bertz CT molecular complexity index is 332. The van der Waals surface area contributed by atoms with Gasteiger partial charge in [0.2, 0.25) is 0 Å². The van der Waals surface area contributed by atoms with Gasteiger partial charge in [-0.25, -0.2) is 0 Å². The SMILES string of the molecule is C1=C[C@@H]2[C@H](C=C1)[C@@H]1C=C[C@H]2[C@H]2COC[C@@H]12. The van der Waals surface area contributed by atoms with Crippen LogP contribution in [0, 0.1) is 35.5 Å². The van der Waals surface area contributed by atoms with E-state index in [9.17, 15) is 0 Å². The van der Waals surface area contributed by atoms with E-state index >= 15 is 0 Å². The van der Waals surface area contributed by atoms with Crippen LogP contribution in [0.1, 0.15) is 0 Å². The van der Waals surface area contributed by atoms with Gasteiger partial charge in [0.15, 0.2) is 0 Å². The lowest BCUT2D eigenvalue weighted by Crippen LogP contribution is -2.46. The van der Waals surface area contributed by atoms with Crippen LogP contribution in [0.5, 0.6) is 0 Å². The zero-order chi connectivity index (χ0) is 9.83. The second-order valence-corrected chi connectivity index (χ2v) is 5.33. The average Bonchev–Trinajstić information content (AvgIpc) is 2.80. The van der Waals surface area contributed by atoms with Crippen molar-refractivity contribution in [3.8, 4) is 0 Å². The molecular formula is C14H16O. The molecular weight excluding hydrogens is 184 g/mol. The van der Waals surface area contributed by atoms with Gasteiger partial charge in [-0.1, -0.05) is 36.5 Å². The molecule has 1 nitrogen and oxygen atoms in total. The Hall–Kier alpha value is -0.820. The lowest BCUT2D eigenvalue weighted by molar-refractivity contribution is 0.0832. The Morgan fingerprint density at radius 1 is 0.667 bits per heavy atom. The van der Waals surface area contributed by atoms with E-state index < -0.39 is 0 Å². The fraction of sp³-hybridized carbons (Fsp3) is 0.571. The third kappa shape index (κ3) is 0.971. The molecule has 78 valence electrons. The average molecular weight is 200 g/mol. The molecule has 1 saturated heterocycles. The van der Waals surface area contributed by atoms with E-state index in [0.717, 1.165) is 48.7 Å². The quantitative estimate of drug-likeness (QED) is 0.546. The van der Waals surface area contributed by atoms with E-state index in [1.54, 1.807) is 0 Å². The number of hydrogen-bond acceptors (Lipinski definition) is 1. The van der Waals surface area contributed by atoms with Crippen LogP contribution in [-0.4, -0.2) is 13.2 Å². The zero-order valence-electron chi connectivity index (χ0n) is 8.75. The number of rotatable bonds is 0. The molecule has 2 bridgehead atoms. The molecule has 2 fully saturated rings. The summed E-state index contributed by atoms with van der Waals surface area (Å²) in [6.45, 7) is 1.99. The minimum Gasteiger partial charge on any atom is -0.381 e. The molecule has 0 amide bonds. The first-order valence-corrected chi connectivity index (χ1v) is 6.06. The molecule has 0 spiro atoms. The van der Waals surface area contributed by atoms with Gasteiger partial charge in [0, 0.05) is 0 Å². The maximum atomic E-state index is 5.69. The van der Waals surface area contributed by atoms with E-state index in [1.807, 2.05) is 0 Å². The van der Waals surface area contributed by atoms with Crippen molar-refractivity contribution in [2.75, 3.05) is 13.2 Å². The standard InChI is InChI=1S/C14H16O/c1-2-4-10-9(3-1)11-5-6-12(10)14-8-15-7-13(11)14/h1-6,9-14H,7-8H2/t9-,10+,11-,12+,13-,14+. The molecule has 1 saturated carbocycles.